The largest absolute Gasteiger partial charge is 0.380 e. The smallest absolute Gasteiger partial charge is 0.268 e. The lowest BCUT2D eigenvalue weighted by Gasteiger charge is -2.34. The zero-order valence-electron chi connectivity index (χ0n) is 25.5. The Hall–Kier alpha value is -3.15. The van der Waals surface area contributed by atoms with Gasteiger partial charge in [0.25, 0.3) is 15.9 Å². The summed E-state index contributed by atoms with van der Waals surface area (Å²) < 4.78 is 34.8. The normalized spacial score (nSPS) is 24.3. The molecule has 2 aliphatic heterocycles. The van der Waals surface area contributed by atoms with Crippen LogP contribution in [0, 0.1) is 11.8 Å². The number of allylic oxidation sites excluding steroid dienone is 3. The number of carbonyl (C=O) groups is 1. The van der Waals surface area contributed by atoms with Gasteiger partial charge in [0.2, 0.25) is 0 Å². The zero-order valence-corrected chi connectivity index (χ0v) is 26.3. The lowest BCUT2D eigenvalue weighted by molar-refractivity contribution is 0.0454. The molecule has 3 heterocycles. The summed E-state index contributed by atoms with van der Waals surface area (Å²) >= 11 is 0. The minimum Gasteiger partial charge on any atom is -0.380 e. The average Bonchev–Trinajstić information content (AvgIpc) is 3.48. The van der Waals surface area contributed by atoms with Crippen molar-refractivity contribution in [1.29, 1.82) is 0 Å². The lowest BCUT2D eigenvalue weighted by atomic mass is 9.80. The van der Waals surface area contributed by atoms with E-state index in [1.807, 2.05) is 12.3 Å². The van der Waals surface area contributed by atoms with Gasteiger partial charge in [-0.15, -0.1) is 0 Å². The van der Waals surface area contributed by atoms with Crippen molar-refractivity contribution < 1.29 is 17.9 Å². The number of nitrogens with one attached hydrogen (secondary N) is 2. The van der Waals surface area contributed by atoms with Crippen LogP contribution < -0.4 is 20.1 Å². The van der Waals surface area contributed by atoms with Gasteiger partial charge in [-0.1, -0.05) is 24.6 Å². The summed E-state index contributed by atoms with van der Waals surface area (Å²) in [6.45, 7) is 17.3. The van der Waals surface area contributed by atoms with E-state index in [2.05, 4.69) is 56.2 Å². The molecule has 2 N–H and O–H groups in total. The van der Waals surface area contributed by atoms with Crippen LogP contribution in [0.3, 0.4) is 0 Å². The van der Waals surface area contributed by atoms with Crippen LogP contribution in [0.25, 0.3) is 0 Å². The number of hydrogen-bond donors (Lipinski definition) is 2. The minimum atomic E-state index is -4.17. The van der Waals surface area contributed by atoms with E-state index in [1.54, 1.807) is 43.1 Å². The summed E-state index contributed by atoms with van der Waals surface area (Å²) in [6.07, 6.45) is 6.71. The maximum Gasteiger partial charge on any atom is 0.268 e. The Kier molecular flexibility index (Phi) is 8.73. The Bertz CT molecular complexity index is 1410. The molecule has 41 heavy (non-hydrogen) atoms. The highest BCUT2D eigenvalue weighted by molar-refractivity contribution is 7.94. The van der Waals surface area contributed by atoms with Gasteiger partial charge in [0, 0.05) is 44.0 Å². The predicted molar refractivity (Wildman–Crippen MR) is 163 cm³/mol. The first-order chi connectivity index (χ1) is 19.1. The third kappa shape index (κ3) is 6.37. The van der Waals surface area contributed by atoms with Gasteiger partial charge < -0.3 is 14.5 Å². The van der Waals surface area contributed by atoms with Crippen LogP contribution >= 0.6 is 0 Å². The molecule has 4 rings (SSSR count). The molecular weight excluding hydrogens is 540 g/mol. The second kappa shape index (κ2) is 11.6. The third-order valence-electron chi connectivity index (χ3n) is 8.40. The molecule has 11 heteroatoms. The van der Waals surface area contributed by atoms with Crippen LogP contribution in [0.5, 0.6) is 0 Å². The average molecular weight is 585 g/mol. The van der Waals surface area contributed by atoms with E-state index in [9.17, 15) is 13.2 Å². The van der Waals surface area contributed by atoms with Crippen molar-refractivity contribution in [2.45, 2.75) is 66.2 Å². The van der Waals surface area contributed by atoms with Gasteiger partial charge >= 0.3 is 0 Å². The molecule has 3 unspecified atom stereocenters. The molecule has 224 valence electrons. The van der Waals surface area contributed by atoms with E-state index in [1.165, 1.54) is 17.2 Å². The number of sulfonamides is 1. The van der Waals surface area contributed by atoms with E-state index < -0.39 is 15.9 Å². The van der Waals surface area contributed by atoms with E-state index in [0.717, 1.165) is 12.8 Å². The van der Waals surface area contributed by atoms with Crippen LogP contribution in [0.1, 0.15) is 64.7 Å². The van der Waals surface area contributed by atoms with Crippen molar-refractivity contribution in [3.05, 3.63) is 64.4 Å². The first kappa shape index (κ1) is 30.8. The molecule has 3 aliphatic rings. The molecule has 1 aromatic heterocycles. The Morgan fingerprint density at radius 2 is 2.02 bits per heavy atom. The summed E-state index contributed by atoms with van der Waals surface area (Å²) in [5.41, 5.74) is 6.51. The van der Waals surface area contributed by atoms with E-state index in [-0.39, 0.29) is 22.2 Å². The maximum absolute atomic E-state index is 13.6. The van der Waals surface area contributed by atoms with Crippen molar-refractivity contribution in [3.63, 3.8) is 0 Å². The van der Waals surface area contributed by atoms with Crippen molar-refractivity contribution in [3.8, 4) is 0 Å². The molecule has 1 aromatic rings. The van der Waals surface area contributed by atoms with Crippen molar-refractivity contribution in [1.82, 2.24) is 20.0 Å². The summed E-state index contributed by atoms with van der Waals surface area (Å²) in [5.74, 6) is 1.09. The highest BCUT2D eigenvalue weighted by Crippen LogP contribution is 2.38. The fourth-order valence-electron chi connectivity index (χ4n) is 5.75. The Morgan fingerprint density at radius 1 is 1.32 bits per heavy atom. The monoisotopic (exact) mass is 584 g/mol. The Labute approximate surface area is 244 Å². The van der Waals surface area contributed by atoms with E-state index >= 15 is 0 Å². The molecule has 0 spiro atoms. The van der Waals surface area contributed by atoms with Gasteiger partial charge in [0.05, 0.1) is 12.2 Å². The number of nitrogens with zero attached hydrogens (tertiary/aromatic N) is 4. The van der Waals surface area contributed by atoms with Gasteiger partial charge in [-0.05, 0) is 77.7 Å². The van der Waals surface area contributed by atoms with Crippen molar-refractivity contribution >= 4 is 27.6 Å². The molecule has 0 aromatic carbocycles. The van der Waals surface area contributed by atoms with E-state index in [4.69, 9.17) is 9.72 Å². The Balaban J connectivity index is 1.60. The fraction of sp³-hybridized carbons (Fsp3) is 0.533. The topological polar surface area (TPSA) is 107 Å². The second-order valence-corrected chi connectivity index (χ2v) is 13.9. The third-order valence-corrected chi connectivity index (χ3v) is 9.90. The second-order valence-electron chi connectivity index (χ2n) is 12.2. The van der Waals surface area contributed by atoms with Gasteiger partial charge in [-0.3, -0.25) is 9.80 Å². The minimum absolute atomic E-state index is 0.0581. The standard InChI is InChI=1S/C30H44N6O4S/c1-10-25(22(5)34(8)9)41(38,39)33-29(37)24-11-12-26(31-28(24)35-17-19(2)16-30(35,6)7)36-14-13-27(32-36)40-18-23-15-20(3)21(23)4/h10-14,19,23,27,32H,1,15-18H2,2-9H3,(H,33,37)/b25-22-. The molecule has 0 radical (unpaired) electrons. The van der Waals surface area contributed by atoms with Gasteiger partial charge in [0.1, 0.15) is 22.8 Å². The first-order valence-electron chi connectivity index (χ1n) is 14.0. The molecule has 10 nitrogen and oxygen atoms in total. The fourth-order valence-corrected chi connectivity index (χ4v) is 7.00. The predicted octanol–water partition coefficient (Wildman–Crippen LogP) is 4.28. The SMILES string of the molecule is C=C/C(=C(\C)N(C)C)S(=O)(=O)NC(=O)c1ccc(N2C=CC(OCC3CC(C)=C3C)N2)nc1N1CC(C)CC1(C)C. The molecule has 1 saturated heterocycles. The summed E-state index contributed by atoms with van der Waals surface area (Å²) in [4.78, 5) is 22.2. The lowest BCUT2D eigenvalue weighted by Crippen LogP contribution is -2.42. The van der Waals surface area contributed by atoms with Crippen molar-refractivity contribution in [2.24, 2.45) is 11.8 Å². The molecule has 0 bridgehead atoms. The van der Waals surface area contributed by atoms with Crippen molar-refractivity contribution in [2.75, 3.05) is 37.2 Å². The number of hydrazine groups is 1. The number of ether oxygens (including phenoxy) is 1. The number of carbonyl (C=O) groups excluding carboxylic acids is 1. The summed E-state index contributed by atoms with van der Waals surface area (Å²) in [6, 6.07) is 3.33. The van der Waals surface area contributed by atoms with E-state index in [0.29, 0.717) is 42.3 Å². The molecule has 1 amide bonds. The molecular formula is C30H44N6O4S. The summed E-state index contributed by atoms with van der Waals surface area (Å²) in [5, 5.41) is 1.77. The summed E-state index contributed by atoms with van der Waals surface area (Å²) in [7, 11) is -0.710. The molecule has 1 aliphatic carbocycles. The van der Waals surface area contributed by atoms with Gasteiger partial charge in [-0.2, -0.15) is 5.43 Å². The zero-order chi connectivity index (χ0) is 30.3. The number of anilines is 2. The highest BCUT2D eigenvalue weighted by Gasteiger charge is 2.40. The maximum atomic E-state index is 13.6. The number of pyridine rings is 1. The molecule has 1 fully saturated rings. The van der Waals surface area contributed by atoms with Crippen LogP contribution in [-0.4, -0.2) is 63.2 Å². The number of aromatic nitrogens is 1. The highest BCUT2D eigenvalue weighted by atomic mass is 32.2. The van der Waals surface area contributed by atoms with Gasteiger partial charge in [-0.25, -0.2) is 18.1 Å². The number of rotatable bonds is 10. The van der Waals surface area contributed by atoms with Gasteiger partial charge in [0.15, 0.2) is 0 Å². The first-order valence-corrected chi connectivity index (χ1v) is 15.5. The van der Waals surface area contributed by atoms with Crippen LogP contribution in [0.15, 0.2) is 58.8 Å². The number of amides is 1. The molecule has 3 atom stereocenters. The van der Waals surface area contributed by atoms with Crippen LogP contribution in [-0.2, 0) is 14.8 Å². The number of hydrogen-bond acceptors (Lipinski definition) is 9. The Morgan fingerprint density at radius 3 is 2.59 bits per heavy atom. The quantitative estimate of drug-likeness (QED) is 0.308. The van der Waals surface area contributed by atoms with Crippen LogP contribution in [0.2, 0.25) is 0 Å². The molecule has 0 saturated carbocycles. The van der Waals surface area contributed by atoms with Crippen LogP contribution in [0.4, 0.5) is 11.6 Å².